The molecular weight excluding hydrogens is 466 g/mol. The van der Waals surface area contributed by atoms with Crippen molar-refractivity contribution in [1.82, 2.24) is 20.1 Å². The third-order valence-corrected chi connectivity index (χ3v) is 5.54. The van der Waals surface area contributed by atoms with Gasteiger partial charge in [0, 0.05) is 30.9 Å². The fraction of sp³-hybridized carbons (Fsp3) is 0.417. The first-order valence-electron chi connectivity index (χ1n) is 11.3. The second-order valence-electron chi connectivity index (χ2n) is 8.08. The highest BCUT2D eigenvalue weighted by Crippen LogP contribution is 2.39. The average Bonchev–Trinajstić information content (AvgIpc) is 3.25. The maximum Gasteiger partial charge on any atom is 0.417 e. The van der Waals surface area contributed by atoms with E-state index in [9.17, 15) is 22.4 Å². The highest BCUT2D eigenvalue weighted by atomic mass is 19.4. The van der Waals surface area contributed by atoms with Crippen LogP contribution in [0.4, 0.5) is 28.0 Å². The number of aromatic nitrogens is 3. The summed E-state index contributed by atoms with van der Waals surface area (Å²) in [6.45, 7) is 8.12. The predicted octanol–water partition coefficient (Wildman–Crippen LogP) is 6.63. The van der Waals surface area contributed by atoms with Crippen molar-refractivity contribution in [2.45, 2.75) is 52.8 Å². The Morgan fingerprint density at radius 3 is 2.54 bits per heavy atom. The van der Waals surface area contributed by atoms with E-state index in [1.165, 1.54) is 4.90 Å². The molecule has 35 heavy (non-hydrogen) atoms. The number of rotatable bonds is 3. The first kappa shape index (κ1) is 26.1. The summed E-state index contributed by atoms with van der Waals surface area (Å²) in [5.74, 6) is 0.243. The van der Waals surface area contributed by atoms with Crippen LogP contribution in [0.25, 0.3) is 11.1 Å². The number of benzene rings is 1. The van der Waals surface area contributed by atoms with E-state index in [1.54, 1.807) is 6.92 Å². The lowest BCUT2D eigenvalue weighted by molar-refractivity contribution is -0.137. The number of anilines is 1. The average molecular weight is 494 g/mol. The monoisotopic (exact) mass is 493 g/mol. The molecule has 1 unspecified atom stereocenters. The van der Waals surface area contributed by atoms with Gasteiger partial charge in [-0.3, -0.25) is 4.98 Å². The van der Waals surface area contributed by atoms with Crippen LogP contribution in [0, 0.1) is 18.7 Å². The Morgan fingerprint density at radius 2 is 1.91 bits per heavy atom. The molecule has 1 N–H and O–H groups in total. The molecule has 0 spiro atoms. The Labute approximate surface area is 200 Å². The quantitative estimate of drug-likeness (QED) is 0.414. The molecule has 0 aliphatic carbocycles. The van der Waals surface area contributed by atoms with E-state index < -0.39 is 29.6 Å². The fourth-order valence-electron chi connectivity index (χ4n) is 3.93. The molecular formula is C24H27F4N5O2. The standard InChI is InChI=1S/C22H21F4N5O2.C2H6/c1-12-5-6-31(19(7-12)20-30-29-13(2)33-20)21(32)28-16-3-4-18(22(24,25)26)17(9-16)14-8-15(23)11-27-10-14;1-2/h3-4,8-12,19H,5-7H2,1-2H3,(H,28,32);1-2H3/t12-,19?;/m0./s1. The summed E-state index contributed by atoms with van der Waals surface area (Å²) in [5.41, 5.74) is -1.17. The zero-order chi connectivity index (χ0) is 25.8. The second-order valence-corrected chi connectivity index (χ2v) is 8.08. The number of alkyl halides is 3. The normalized spacial score (nSPS) is 18.0. The molecule has 3 heterocycles. The van der Waals surface area contributed by atoms with E-state index in [4.69, 9.17) is 4.42 Å². The third kappa shape index (κ3) is 6.14. The summed E-state index contributed by atoms with van der Waals surface area (Å²) in [7, 11) is 0. The number of likely N-dealkylation sites (tertiary alicyclic amines) is 1. The molecule has 1 fully saturated rings. The largest absolute Gasteiger partial charge is 0.423 e. The van der Waals surface area contributed by atoms with Gasteiger partial charge in [-0.05, 0) is 48.6 Å². The highest BCUT2D eigenvalue weighted by molar-refractivity contribution is 5.91. The third-order valence-electron chi connectivity index (χ3n) is 5.54. The van der Waals surface area contributed by atoms with E-state index >= 15 is 0 Å². The van der Waals surface area contributed by atoms with Crippen molar-refractivity contribution >= 4 is 11.7 Å². The summed E-state index contributed by atoms with van der Waals surface area (Å²) in [4.78, 5) is 18.3. The van der Waals surface area contributed by atoms with Crippen LogP contribution in [0.2, 0.25) is 0 Å². The Kier molecular flexibility index (Phi) is 8.08. The van der Waals surface area contributed by atoms with Crippen LogP contribution in [0.15, 0.2) is 41.1 Å². The molecule has 0 bridgehead atoms. The van der Waals surface area contributed by atoms with Crippen molar-refractivity contribution in [3.8, 4) is 11.1 Å². The van der Waals surface area contributed by atoms with E-state index in [0.29, 0.717) is 30.7 Å². The Bertz CT molecular complexity index is 1160. The van der Waals surface area contributed by atoms with Gasteiger partial charge in [0.05, 0.1) is 11.8 Å². The molecule has 188 valence electrons. The van der Waals surface area contributed by atoms with Crippen LogP contribution in [0.3, 0.4) is 0 Å². The zero-order valence-corrected chi connectivity index (χ0v) is 19.9. The molecule has 3 aromatic rings. The maximum atomic E-state index is 13.6. The number of nitrogens with one attached hydrogen (secondary N) is 1. The van der Waals surface area contributed by atoms with Crippen molar-refractivity contribution in [1.29, 1.82) is 0 Å². The number of nitrogens with zero attached hydrogens (tertiary/aromatic N) is 4. The van der Waals surface area contributed by atoms with Crippen LogP contribution in [0.1, 0.15) is 57.0 Å². The van der Waals surface area contributed by atoms with Crippen molar-refractivity contribution in [2.24, 2.45) is 5.92 Å². The van der Waals surface area contributed by atoms with Gasteiger partial charge in [0.25, 0.3) is 0 Å². The Hall–Kier alpha value is -3.50. The molecule has 1 aliphatic heterocycles. The summed E-state index contributed by atoms with van der Waals surface area (Å²) >= 11 is 0. The molecule has 1 aliphatic rings. The van der Waals surface area contributed by atoms with E-state index in [1.807, 2.05) is 13.8 Å². The molecule has 2 aromatic heterocycles. The summed E-state index contributed by atoms with van der Waals surface area (Å²) < 4.78 is 59.9. The van der Waals surface area contributed by atoms with Gasteiger partial charge in [-0.2, -0.15) is 13.2 Å². The minimum absolute atomic E-state index is 0.0515. The molecule has 2 amide bonds. The van der Waals surface area contributed by atoms with E-state index in [0.717, 1.165) is 43.1 Å². The molecule has 0 saturated carbocycles. The molecule has 7 nitrogen and oxygen atoms in total. The second kappa shape index (κ2) is 10.8. The van der Waals surface area contributed by atoms with Crippen LogP contribution in [0.5, 0.6) is 0 Å². The minimum Gasteiger partial charge on any atom is -0.423 e. The minimum atomic E-state index is -4.67. The number of amides is 2. The lowest BCUT2D eigenvalue weighted by Crippen LogP contribution is -2.43. The summed E-state index contributed by atoms with van der Waals surface area (Å²) in [6, 6.07) is 3.18. The first-order chi connectivity index (χ1) is 16.6. The molecule has 11 heteroatoms. The number of carbonyl (C=O) groups excluding carboxylic acids is 1. The van der Waals surface area contributed by atoms with Crippen molar-refractivity contribution in [3.63, 3.8) is 0 Å². The lowest BCUT2D eigenvalue weighted by atomic mass is 9.92. The van der Waals surface area contributed by atoms with Gasteiger partial charge in [-0.1, -0.05) is 20.8 Å². The number of pyridine rings is 1. The smallest absolute Gasteiger partial charge is 0.417 e. The molecule has 4 rings (SSSR count). The van der Waals surface area contributed by atoms with Crippen LogP contribution >= 0.6 is 0 Å². The molecule has 0 radical (unpaired) electrons. The number of halogens is 4. The maximum absolute atomic E-state index is 13.6. The van der Waals surface area contributed by atoms with Gasteiger partial charge in [0.1, 0.15) is 11.9 Å². The van der Waals surface area contributed by atoms with E-state index in [2.05, 4.69) is 27.4 Å². The van der Waals surface area contributed by atoms with Crippen LogP contribution in [-0.2, 0) is 6.18 Å². The topological polar surface area (TPSA) is 84.2 Å². The number of hydrogen-bond acceptors (Lipinski definition) is 5. The van der Waals surface area contributed by atoms with Gasteiger partial charge in [0.2, 0.25) is 11.8 Å². The van der Waals surface area contributed by atoms with Crippen LogP contribution < -0.4 is 5.32 Å². The Balaban J connectivity index is 0.00000167. The number of hydrogen-bond donors (Lipinski definition) is 1. The molecule has 1 saturated heterocycles. The first-order valence-corrected chi connectivity index (χ1v) is 11.3. The fourth-order valence-corrected chi connectivity index (χ4v) is 3.93. The number of aryl methyl sites for hydroxylation is 1. The van der Waals surface area contributed by atoms with Crippen molar-refractivity contribution in [2.75, 3.05) is 11.9 Å². The predicted molar refractivity (Wildman–Crippen MR) is 122 cm³/mol. The molecule has 2 atom stereocenters. The number of urea groups is 1. The molecule has 1 aromatic carbocycles. The van der Waals surface area contributed by atoms with Crippen molar-refractivity contribution in [3.05, 3.63) is 59.8 Å². The van der Waals surface area contributed by atoms with E-state index in [-0.39, 0.29) is 16.8 Å². The van der Waals surface area contributed by atoms with Gasteiger partial charge in [-0.25, -0.2) is 9.18 Å². The van der Waals surface area contributed by atoms with Gasteiger partial charge < -0.3 is 14.6 Å². The van der Waals surface area contributed by atoms with Gasteiger partial charge in [0.15, 0.2) is 0 Å². The van der Waals surface area contributed by atoms with Gasteiger partial charge >= 0.3 is 12.2 Å². The van der Waals surface area contributed by atoms with Gasteiger partial charge in [-0.15, -0.1) is 10.2 Å². The highest BCUT2D eigenvalue weighted by Gasteiger charge is 2.36. The Morgan fingerprint density at radius 1 is 1.17 bits per heavy atom. The summed E-state index contributed by atoms with van der Waals surface area (Å²) in [5, 5.41) is 10.5. The number of carbonyl (C=O) groups is 1. The van der Waals surface area contributed by atoms with Crippen LogP contribution in [-0.4, -0.2) is 32.7 Å². The zero-order valence-electron chi connectivity index (χ0n) is 19.9. The lowest BCUT2D eigenvalue weighted by Gasteiger charge is -2.36. The van der Waals surface area contributed by atoms with Crippen molar-refractivity contribution < 1.29 is 26.8 Å². The summed E-state index contributed by atoms with van der Waals surface area (Å²) in [6.07, 6.45) is -1.26. The SMILES string of the molecule is CC.Cc1nnc(C2C[C@@H](C)CCN2C(=O)Nc2ccc(C(F)(F)F)c(-c3cncc(F)c3)c2)o1. The number of piperidine rings is 1.